The van der Waals surface area contributed by atoms with Crippen molar-refractivity contribution in [2.24, 2.45) is 0 Å². The van der Waals surface area contributed by atoms with E-state index in [1.165, 1.54) is 0 Å². The van der Waals surface area contributed by atoms with E-state index in [0.717, 1.165) is 28.8 Å². The minimum atomic E-state index is -0.325. The fourth-order valence-electron chi connectivity index (χ4n) is 3.86. The van der Waals surface area contributed by atoms with E-state index < -0.39 is 0 Å². The molecule has 190 valence electrons. The van der Waals surface area contributed by atoms with Crippen molar-refractivity contribution in [1.29, 1.82) is 0 Å². The van der Waals surface area contributed by atoms with Gasteiger partial charge in [0.05, 0.1) is 6.54 Å². The van der Waals surface area contributed by atoms with Crippen molar-refractivity contribution in [1.82, 2.24) is 9.80 Å². The van der Waals surface area contributed by atoms with Gasteiger partial charge in [-0.2, -0.15) is 0 Å². The maximum atomic E-state index is 13.6. The Labute approximate surface area is 220 Å². The van der Waals surface area contributed by atoms with E-state index in [9.17, 15) is 9.59 Å². The summed E-state index contributed by atoms with van der Waals surface area (Å²) in [6.07, 6.45) is 1.70. The van der Waals surface area contributed by atoms with Crippen LogP contribution in [0, 0.1) is 6.92 Å². The Balaban J connectivity index is 1.51. The second-order valence-corrected chi connectivity index (χ2v) is 10.1. The zero-order valence-electron chi connectivity index (χ0n) is 20.5. The molecule has 3 amide bonds. The lowest BCUT2D eigenvalue weighted by Gasteiger charge is -2.28. The lowest BCUT2D eigenvalue weighted by molar-refractivity contribution is -0.133. The normalized spacial score (nSPS) is 11.9. The summed E-state index contributed by atoms with van der Waals surface area (Å²) in [6, 6.07) is 14.4. The zero-order chi connectivity index (χ0) is 25.5. The fourth-order valence-corrected chi connectivity index (χ4v) is 4.98. The number of carbonyl (C=O) groups excluding carboxylic acids is 2. The molecular formula is C27H30ClN3O4S. The van der Waals surface area contributed by atoms with Gasteiger partial charge in [-0.05, 0) is 66.2 Å². The van der Waals surface area contributed by atoms with E-state index in [1.807, 2.05) is 30.5 Å². The number of carbonyl (C=O) groups is 2. The third kappa shape index (κ3) is 6.71. The molecule has 0 bridgehead atoms. The maximum absolute atomic E-state index is 13.6. The Bertz CT molecular complexity index is 1220. The van der Waals surface area contributed by atoms with Crippen LogP contribution in [0.4, 0.5) is 10.5 Å². The number of fused-ring (bicyclic) bond motifs is 1. The summed E-state index contributed by atoms with van der Waals surface area (Å²) in [5.74, 6) is 1.25. The third-order valence-corrected chi connectivity index (χ3v) is 7.18. The lowest BCUT2D eigenvalue weighted by Crippen LogP contribution is -2.44. The summed E-state index contributed by atoms with van der Waals surface area (Å²) >= 11 is 7.69. The van der Waals surface area contributed by atoms with Crippen molar-refractivity contribution in [2.75, 3.05) is 25.2 Å². The second-order valence-electron chi connectivity index (χ2n) is 8.68. The molecule has 0 atom stereocenters. The van der Waals surface area contributed by atoms with E-state index in [4.69, 9.17) is 21.1 Å². The van der Waals surface area contributed by atoms with Crippen LogP contribution in [0.5, 0.6) is 11.5 Å². The molecule has 9 heteroatoms. The van der Waals surface area contributed by atoms with E-state index in [-0.39, 0.29) is 25.3 Å². The Kier molecular flexibility index (Phi) is 8.72. The molecule has 0 saturated carbocycles. The number of rotatable bonds is 10. The van der Waals surface area contributed by atoms with Gasteiger partial charge in [0.2, 0.25) is 12.7 Å². The lowest BCUT2D eigenvalue weighted by atomic mass is 10.1. The minimum absolute atomic E-state index is 0.0264. The molecule has 36 heavy (non-hydrogen) atoms. The molecule has 2 aromatic carbocycles. The number of nitrogens with zero attached hydrogens (tertiary/aromatic N) is 2. The summed E-state index contributed by atoms with van der Waals surface area (Å²) in [5, 5.41) is 5.43. The van der Waals surface area contributed by atoms with Gasteiger partial charge in [-0.3, -0.25) is 4.79 Å². The molecule has 0 spiro atoms. The standard InChI is InChI=1S/C27H30ClN3O4S/c1-3-4-11-30(27(33)29-22-7-5-6-21(28)14-22)17-26(32)31(16-25-19(2)10-12-36-25)15-20-8-9-23-24(13-20)35-18-34-23/h5-10,12-14H,3-4,11,15-18H2,1-2H3,(H,29,33). The van der Waals surface area contributed by atoms with Crippen molar-refractivity contribution in [3.8, 4) is 11.5 Å². The molecule has 0 aliphatic carbocycles. The maximum Gasteiger partial charge on any atom is 0.322 e. The van der Waals surface area contributed by atoms with E-state index in [2.05, 4.69) is 18.3 Å². The number of anilines is 1. The smallest absolute Gasteiger partial charge is 0.322 e. The molecule has 1 aliphatic rings. The van der Waals surface area contributed by atoms with Gasteiger partial charge in [0, 0.05) is 28.7 Å². The largest absolute Gasteiger partial charge is 0.454 e. The molecule has 3 aromatic rings. The van der Waals surface area contributed by atoms with Crippen molar-refractivity contribution >= 4 is 40.6 Å². The van der Waals surface area contributed by atoms with Crippen LogP contribution in [0.25, 0.3) is 0 Å². The topological polar surface area (TPSA) is 71.1 Å². The summed E-state index contributed by atoms with van der Waals surface area (Å²) in [6.45, 7) is 5.61. The number of hydrogen-bond acceptors (Lipinski definition) is 5. The highest BCUT2D eigenvalue weighted by Gasteiger charge is 2.23. The van der Waals surface area contributed by atoms with Crippen LogP contribution >= 0.6 is 22.9 Å². The van der Waals surface area contributed by atoms with E-state index in [0.29, 0.717) is 41.8 Å². The number of nitrogens with one attached hydrogen (secondary N) is 1. The average molecular weight is 528 g/mol. The van der Waals surface area contributed by atoms with Crippen molar-refractivity contribution in [3.05, 3.63) is 74.9 Å². The molecule has 4 rings (SSSR count). The zero-order valence-corrected chi connectivity index (χ0v) is 22.0. The summed E-state index contributed by atoms with van der Waals surface area (Å²) in [4.78, 5) is 31.2. The minimum Gasteiger partial charge on any atom is -0.454 e. The van der Waals surface area contributed by atoms with Gasteiger partial charge in [0.25, 0.3) is 0 Å². The highest BCUT2D eigenvalue weighted by atomic mass is 35.5. The van der Waals surface area contributed by atoms with Crippen molar-refractivity contribution in [2.45, 2.75) is 39.8 Å². The first-order valence-electron chi connectivity index (χ1n) is 11.9. The van der Waals surface area contributed by atoms with Crippen LogP contribution in [0.15, 0.2) is 53.9 Å². The third-order valence-electron chi connectivity index (χ3n) is 5.94. The molecule has 0 fully saturated rings. The van der Waals surface area contributed by atoms with Crippen LogP contribution < -0.4 is 14.8 Å². The highest BCUT2D eigenvalue weighted by molar-refractivity contribution is 7.10. The van der Waals surface area contributed by atoms with E-state index in [1.54, 1.807) is 45.4 Å². The van der Waals surface area contributed by atoms with Crippen LogP contribution in [0.2, 0.25) is 5.02 Å². The van der Waals surface area contributed by atoms with Gasteiger partial charge in [-0.15, -0.1) is 11.3 Å². The Morgan fingerprint density at radius 1 is 1.06 bits per heavy atom. The summed E-state index contributed by atoms with van der Waals surface area (Å²) in [7, 11) is 0. The number of hydrogen-bond donors (Lipinski definition) is 1. The van der Waals surface area contributed by atoms with Gasteiger partial charge in [-0.25, -0.2) is 4.79 Å². The first kappa shape index (κ1) is 25.9. The molecule has 0 radical (unpaired) electrons. The SMILES string of the molecule is CCCCN(CC(=O)N(Cc1ccc2c(c1)OCO2)Cc1sccc1C)C(=O)Nc1cccc(Cl)c1. The first-order chi connectivity index (χ1) is 17.4. The molecule has 1 aromatic heterocycles. The average Bonchev–Trinajstić information content (AvgIpc) is 3.49. The number of aryl methyl sites for hydroxylation is 1. The molecule has 1 N–H and O–H groups in total. The number of urea groups is 1. The van der Waals surface area contributed by atoms with Crippen molar-refractivity contribution < 1.29 is 19.1 Å². The van der Waals surface area contributed by atoms with Crippen LogP contribution in [0.1, 0.15) is 35.8 Å². The number of amides is 3. The quantitative estimate of drug-likeness (QED) is 0.336. The predicted molar refractivity (Wildman–Crippen MR) is 143 cm³/mol. The second kappa shape index (κ2) is 12.1. The van der Waals surface area contributed by atoms with Crippen LogP contribution in [0.3, 0.4) is 0 Å². The number of ether oxygens (including phenoxy) is 2. The van der Waals surface area contributed by atoms with Gasteiger partial charge in [0.1, 0.15) is 6.54 Å². The molecular weight excluding hydrogens is 498 g/mol. The molecule has 2 heterocycles. The van der Waals surface area contributed by atoms with Crippen LogP contribution in [-0.2, 0) is 17.9 Å². The first-order valence-corrected chi connectivity index (χ1v) is 13.2. The predicted octanol–water partition coefficient (Wildman–Crippen LogP) is 6.30. The Morgan fingerprint density at radius 2 is 1.89 bits per heavy atom. The summed E-state index contributed by atoms with van der Waals surface area (Å²) < 4.78 is 10.9. The number of benzene rings is 2. The monoisotopic (exact) mass is 527 g/mol. The molecule has 1 aliphatic heterocycles. The van der Waals surface area contributed by atoms with E-state index >= 15 is 0 Å². The van der Waals surface area contributed by atoms with Gasteiger partial charge in [0.15, 0.2) is 11.5 Å². The Morgan fingerprint density at radius 3 is 2.64 bits per heavy atom. The van der Waals surface area contributed by atoms with Gasteiger partial charge in [-0.1, -0.05) is 37.1 Å². The number of halogens is 1. The fraction of sp³-hybridized carbons (Fsp3) is 0.333. The number of thiophene rings is 1. The molecule has 0 unspecified atom stereocenters. The summed E-state index contributed by atoms with van der Waals surface area (Å²) in [5.41, 5.74) is 2.67. The highest BCUT2D eigenvalue weighted by Crippen LogP contribution is 2.33. The van der Waals surface area contributed by atoms with Gasteiger partial charge >= 0.3 is 6.03 Å². The number of unbranched alkanes of at least 4 members (excludes halogenated alkanes) is 1. The molecule has 0 saturated heterocycles. The van der Waals surface area contributed by atoms with Crippen molar-refractivity contribution in [3.63, 3.8) is 0 Å². The Hall–Kier alpha value is -3.23. The van der Waals surface area contributed by atoms with Crippen LogP contribution in [-0.4, -0.2) is 41.6 Å². The molecule has 7 nitrogen and oxygen atoms in total. The van der Waals surface area contributed by atoms with Gasteiger partial charge < -0.3 is 24.6 Å².